The van der Waals surface area contributed by atoms with Crippen molar-refractivity contribution in [2.75, 3.05) is 19.7 Å². The number of carbonyl (C=O) groups is 2. The van der Waals surface area contributed by atoms with Gasteiger partial charge in [0.15, 0.2) is 0 Å². The van der Waals surface area contributed by atoms with Gasteiger partial charge >= 0.3 is 6.09 Å². The normalized spacial score (nSPS) is 10.7. The molecule has 0 spiro atoms. The van der Waals surface area contributed by atoms with Crippen LogP contribution >= 0.6 is 0 Å². The lowest BCUT2D eigenvalue weighted by atomic mass is 10.4. The number of hydrogen-bond acceptors (Lipinski definition) is 3. The number of amides is 2. The zero-order valence-electron chi connectivity index (χ0n) is 10.3. The van der Waals surface area contributed by atoms with Crippen LogP contribution in [0.1, 0.15) is 6.42 Å². The smallest absolute Gasteiger partial charge is 0.407 e. The van der Waals surface area contributed by atoms with Gasteiger partial charge in [-0.3, -0.25) is 4.79 Å². The van der Waals surface area contributed by atoms with Gasteiger partial charge in [0.05, 0.1) is 6.61 Å². The Kier molecular flexibility index (Phi) is 7.62. The average Bonchev–Trinajstić information content (AvgIpc) is 2.15. The molecule has 0 aromatic heterocycles. The highest BCUT2D eigenvalue weighted by molar-refractivity contribution is 6.76. The van der Waals surface area contributed by atoms with E-state index in [0.29, 0.717) is 32.5 Å². The van der Waals surface area contributed by atoms with Gasteiger partial charge in [-0.15, -0.1) is 0 Å². The zero-order chi connectivity index (χ0) is 12.4. The molecule has 0 radical (unpaired) electrons. The molecule has 0 aliphatic carbocycles. The van der Waals surface area contributed by atoms with Crippen molar-refractivity contribution >= 4 is 20.6 Å². The van der Waals surface area contributed by atoms with Crippen molar-refractivity contribution in [3.63, 3.8) is 0 Å². The van der Waals surface area contributed by atoms with Gasteiger partial charge in [0, 0.05) is 21.2 Å². The van der Waals surface area contributed by atoms with E-state index in [4.69, 9.17) is 4.74 Å². The lowest BCUT2D eigenvalue weighted by molar-refractivity contribution is -0.109. The second-order valence-electron chi connectivity index (χ2n) is 4.80. The van der Waals surface area contributed by atoms with Crippen LogP contribution in [0.5, 0.6) is 0 Å². The van der Waals surface area contributed by atoms with Crippen molar-refractivity contribution in [1.82, 2.24) is 10.6 Å². The van der Waals surface area contributed by atoms with Crippen LogP contribution in [-0.2, 0) is 9.53 Å². The van der Waals surface area contributed by atoms with Crippen molar-refractivity contribution in [3.8, 4) is 0 Å². The maximum absolute atomic E-state index is 11.2. The highest BCUT2D eigenvalue weighted by Gasteiger charge is 2.13. The molecule has 0 bridgehead atoms. The fourth-order valence-electron chi connectivity index (χ4n) is 0.941. The second kappa shape index (κ2) is 8.15. The van der Waals surface area contributed by atoms with Crippen LogP contribution in [-0.4, -0.2) is 40.3 Å². The number of hydrogen-bond donors (Lipinski definition) is 2. The minimum atomic E-state index is -1.13. The van der Waals surface area contributed by atoms with Crippen LogP contribution in [0.2, 0.25) is 25.7 Å². The monoisotopic (exact) mass is 246 g/mol. The van der Waals surface area contributed by atoms with Gasteiger partial charge in [-0.2, -0.15) is 0 Å². The number of ether oxygens (including phenoxy) is 1. The summed E-state index contributed by atoms with van der Waals surface area (Å²) in [4.78, 5) is 21.1. The predicted molar refractivity (Wildman–Crippen MR) is 66.2 cm³/mol. The van der Waals surface area contributed by atoms with E-state index in [2.05, 4.69) is 30.3 Å². The van der Waals surface area contributed by atoms with Gasteiger partial charge in [-0.05, 0) is 12.5 Å². The molecule has 0 atom stereocenters. The Morgan fingerprint density at radius 1 is 1.31 bits per heavy atom. The van der Waals surface area contributed by atoms with Crippen LogP contribution in [0, 0.1) is 0 Å². The van der Waals surface area contributed by atoms with Crippen molar-refractivity contribution in [2.45, 2.75) is 32.1 Å². The van der Waals surface area contributed by atoms with Gasteiger partial charge < -0.3 is 15.4 Å². The van der Waals surface area contributed by atoms with Gasteiger partial charge in [0.2, 0.25) is 6.41 Å². The van der Waals surface area contributed by atoms with Crippen LogP contribution in [0.3, 0.4) is 0 Å². The standard InChI is InChI=1S/C10H22N2O3Si/c1-16(2,3)8-7-15-10(14)12-6-4-5-11-9-13/h9H,4-8H2,1-3H3,(H,11,13)(H,12,14). The van der Waals surface area contributed by atoms with Crippen LogP contribution < -0.4 is 10.6 Å². The topological polar surface area (TPSA) is 67.4 Å². The fourth-order valence-corrected chi connectivity index (χ4v) is 1.66. The highest BCUT2D eigenvalue weighted by Crippen LogP contribution is 2.07. The van der Waals surface area contributed by atoms with Crippen LogP contribution in [0.4, 0.5) is 4.79 Å². The first-order valence-electron chi connectivity index (χ1n) is 5.53. The predicted octanol–water partition coefficient (Wildman–Crippen LogP) is 1.19. The summed E-state index contributed by atoms with van der Waals surface area (Å²) in [5.41, 5.74) is 0. The third kappa shape index (κ3) is 11.0. The summed E-state index contributed by atoms with van der Waals surface area (Å²) >= 11 is 0. The summed E-state index contributed by atoms with van der Waals surface area (Å²) < 4.78 is 5.02. The molecule has 0 aliphatic rings. The molecule has 0 heterocycles. The summed E-state index contributed by atoms with van der Waals surface area (Å²) in [6, 6.07) is 0.979. The van der Waals surface area contributed by atoms with E-state index in [1.807, 2.05) is 0 Å². The molecule has 5 nitrogen and oxygen atoms in total. The molecule has 2 amide bonds. The maximum Gasteiger partial charge on any atom is 0.407 e. The lowest BCUT2D eigenvalue weighted by Crippen LogP contribution is -2.29. The Bertz CT molecular complexity index is 217. The third-order valence-electron chi connectivity index (χ3n) is 1.94. The Morgan fingerprint density at radius 2 is 2.00 bits per heavy atom. The van der Waals surface area contributed by atoms with Crippen molar-refractivity contribution in [1.29, 1.82) is 0 Å². The second-order valence-corrected chi connectivity index (χ2v) is 10.4. The SMILES string of the molecule is C[Si](C)(C)CCOC(=O)NCCCNC=O. The van der Waals surface area contributed by atoms with Crippen molar-refractivity contribution < 1.29 is 14.3 Å². The molecule has 16 heavy (non-hydrogen) atoms. The first kappa shape index (κ1) is 15.0. The minimum Gasteiger partial charge on any atom is -0.450 e. The van der Waals surface area contributed by atoms with E-state index in [-0.39, 0.29) is 6.09 Å². The molecule has 0 saturated heterocycles. The number of carbonyl (C=O) groups excluding carboxylic acids is 2. The lowest BCUT2D eigenvalue weighted by Gasteiger charge is -2.15. The van der Waals surface area contributed by atoms with E-state index < -0.39 is 8.07 Å². The van der Waals surface area contributed by atoms with E-state index in [0.717, 1.165) is 6.04 Å². The molecule has 0 aromatic carbocycles. The summed E-state index contributed by atoms with van der Waals surface area (Å²) in [6.45, 7) is 8.29. The summed E-state index contributed by atoms with van der Waals surface area (Å²) in [5, 5.41) is 5.14. The molecule has 6 heteroatoms. The number of nitrogens with one attached hydrogen (secondary N) is 2. The maximum atomic E-state index is 11.2. The summed E-state index contributed by atoms with van der Waals surface area (Å²) in [6.07, 6.45) is 0.984. The van der Waals surface area contributed by atoms with E-state index >= 15 is 0 Å². The molecule has 2 N–H and O–H groups in total. The Balaban J connectivity index is 3.35. The minimum absolute atomic E-state index is 0.371. The molecule has 0 unspecified atom stereocenters. The quantitative estimate of drug-likeness (QED) is 0.384. The van der Waals surface area contributed by atoms with Gasteiger partial charge in [-0.1, -0.05) is 19.6 Å². The van der Waals surface area contributed by atoms with Gasteiger partial charge in [0.1, 0.15) is 0 Å². The molecule has 0 fully saturated rings. The van der Waals surface area contributed by atoms with Crippen molar-refractivity contribution in [3.05, 3.63) is 0 Å². The molecule has 0 aromatic rings. The van der Waals surface area contributed by atoms with Gasteiger partial charge in [-0.25, -0.2) is 4.79 Å². The Morgan fingerprint density at radius 3 is 2.56 bits per heavy atom. The van der Waals surface area contributed by atoms with Crippen LogP contribution in [0.25, 0.3) is 0 Å². The third-order valence-corrected chi connectivity index (χ3v) is 3.64. The first-order valence-corrected chi connectivity index (χ1v) is 9.24. The fraction of sp³-hybridized carbons (Fsp3) is 0.800. The zero-order valence-corrected chi connectivity index (χ0v) is 11.3. The van der Waals surface area contributed by atoms with Crippen molar-refractivity contribution in [2.24, 2.45) is 0 Å². The largest absolute Gasteiger partial charge is 0.450 e. The summed E-state index contributed by atoms with van der Waals surface area (Å²) in [5.74, 6) is 0. The Labute approximate surface area is 97.9 Å². The molecule has 0 rings (SSSR count). The number of alkyl carbamates (subject to hydrolysis) is 1. The van der Waals surface area contributed by atoms with E-state index in [9.17, 15) is 9.59 Å². The molecule has 94 valence electrons. The molecule has 0 saturated carbocycles. The Hall–Kier alpha value is -1.04. The molecule has 0 aliphatic heterocycles. The number of rotatable bonds is 8. The highest BCUT2D eigenvalue weighted by atomic mass is 28.3. The summed E-state index contributed by atoms with van der Waals surface area (Å²) in [7, 11) is -1.13. The van der Waals surface area contributed by atoms with Crippen LogP contribution in [0.15, 0.2) is 0 Å². The van der Waals surface area contributed by atoms with Gasteiger partial charge in [0.25, 0.3) is 0 Å². The van der Waals surface area contributed by atoms with E-state index in [1.165, 1.54) is 0 Å². The average molecular weight is 246 g/mol. The molecular weight excluding hydrogens is 224 g/mol. The first-order chi connectivity index (χ1) is 7.45. The van der Waals surface area contributed by atoms with E-state index in [1.54, 1.807) is 0 Å². The molecular formula is C10H22N2O3Si.